The smallest absolute Gasteiger partial charge is 0.246 e. The monoisotopic (exact) mass is 265 g/mol. The molecule has 0 saturated heterocycles. The maximum Gasteiger partial charge on any atom is 0.246 e. The van der Waals surface area contributed by atoms with Crippen molar-refractivity contribution in [2.24, 2.45) is 5.92 Å². The van der Waals surface area contributed by atoms with Crippen LogP contribution in [0.1, 0.15) is 27.2 Å². The summed E-state index contributed by atoms with van der Waals surface area (Å²) in [6.07, 6.45) is 0.945. The molecule has 0 heterocycles. The number of carbonyl (C=O) groups excluding carboxylic acids is 1. The van der Waals surface area contributed by atoms with Gasteiger partial charge in [-0.3, -0.25) is 4.79 Å². The zero-order valence-corrected chi connectivity index (χ0v) is 10.8. The van der Waals surface area contributed by atoms with Gasteiger partial charge < -0.3 is 10.1 Å². The Bertz CT molecular complexity index is 164. The molecule has 2 atom stereocenters. The van der Waals surface area contributed by atoms with Gasteiger partial charge in [-0.1, -0.05) is 29.8 Å². The summed E-state index contributed by atoms with van der Waals surface area (Å²) in [6.45, 7) is 6.94. The van der Waals surface area contributed by atoms with Gasteiger partial charge in [0.25, 0.3) is 0 Å². The number of rotatable bonds is 7. The molecule has 0 aromatic heterocycles. The van der Waals surface area contributed by atoms with Crippen LogP contribution in [-0.4, -0.2) is 30.5 Å². The predicted molar refractivity (Wildman–Crippen MR) is 61.7 cm³/mol. The minimum Gasteiger partial charge on any atom is -0.372 e. The van der Waals surface area contributed by atoms with Crippen molar-refractivity contribution in [3.8, 4) is 0 Å². The number of alkyl halides is 1. The molecule has 0 rings (SSSR count). The van der Waals surface area contributed by atoms with Gasteiger partial charge >= 0.3 is 0 Å². The molecule has 84 valence electrons. The fourth-order valence-electron chi connectivity index (χ4n) is 0.881. The fraction of sp³-hybridized carbons (Fsp3) is 0.900. The van der Waals surface area contributed by atoms with E-state index in [4.69, 9.17) is 4.74 Å². The molecule has 1 N–H and O–H groups in total. The molecule has 14 heavy (non-hydrogen) atoms. The van der Waals surface area contributed by atoms with Crippen LogP contribution >= 0.6 is 15.9 Å². The minimum atomic E-state index is -0.0289. The number of hydrogen-bond donors (Lipinski definition) is 1. The first-order valence-corrected chi connectivity index (χ1v) is 6.17. The van der Waals surface area contributed by atoms with Crippen LogP contribution in [0.25, 0.3) is 0 Å². The Morgan fingerprint density at radius 3 is 2.64 bits per heavy atom. The Kier molecular flexibility index (Phi) is 8.18. The van der Waals surface area contributed by atoms with Gasteiger partial charge in [0.05, 0.1) is 0 Å². The normalized spacial score (nSPS) is 14.9. The maximum absolute atomic E-state index is 11.3. The van der Waals surface area contributed by atoms with Crippen molar-refractivity contribution in [3.05, 3.63) is 0 Å². The van der Waals surface area contributed by atoms with E-state index in [1.54, 1.807) is 0 Å². The first kappa shape index (κ1) is 13.9. The zero-order valence-electron chi connectivity index (χ0n) is 9.18. The van der Waals surface area contributed by atoms with Gasteiger partial charge in [-0.2, -0.15) is 0 Å². The number of halogens is 1. The average Bonchev–Trinajstić information content (AvgIpc) is 2.16. The van der Waals surface area contributed by atoms with E-state index in [1.165, 1.54) is 0 Å². The summed E-state index contributed by atoms with van der Waals surface area (Å²) in [4.78, 5) is 11.3. The van der Waals surface area contributed by atoms with Crippen LogP contribution in [-0.2, 0) is 9.53 Å². The first-order valence-electron chi connectivity index (χ1n) is 5.04. The highest BCUT2D eigenvalue weighted by molar-refractivity contribution is 9.09. The van der Waals surface area contributed by atoms with E-state index in [-0.39, 0.29) is 18.6 Å². The van der Waals surface area contributed by atoms with E-state index in [9.17, 15) is 4.79 Å². The molecule has 0 radical (unpaired) electrons. The van der Waals surface area contributed by atoms with Crippen molar-refractivity contribution in [1.82, 2.24) is 5.32 Å². The largest absolute Gasteiger partial charge is 0.372 e. The molecule has 0 aromatic carbocycles. The highest BCUT2D eigenvalue weighted by Gasteiger charge is 2.13. The van der Waals surface area contributed by atoms with E-state index in [2.05, 4.69) is 28.2 Å². The number of carbonyl (C=O) groups is 1. The summed E-state index contributed by atoms with van der Waals surface area (Å²) in [5.41, 5.74) is 0. The molecule has 1 amide bonds. The number of hydrogen-bond acceptors (Lipinski definition) is 2. The third-order valence-electron chi connectivity index (χ3n) is 2.07. The maximum atomic E-state index is 11.3. The van der Waals surface area contributed by atoms with Gasteiger partial charge in [0, 0.05) is 18.0 Å². The standard InChI is InChI=1S/C10H20BrNO2/c1-4-5-14-7-10(13)12-9(3)8(2)6-11/h8-9H,4-7H2,1-3H3,(H,12,13). The lowest BCUT2D eigenvalue weighted by Crippen LogP contribution is -2.39. The van der Waals surface area contributed by atoms with Crippen LogP contribution in [0.2, 0.25) is 0 Å². The van der Waals surface area contributed by atoms with Gasteiger partial charge in [0.2, 0.25) is 5.91 Å². The number of amides is 1. The summed E-state index contributed by atoms with van der Waals surface area (Å²) in [7, 11) is 0. The van der Waals surface area contributed by atoms with Crippen molar-refractivity contribution in [3.63, 3.8) is 0 Å². The van der Waals surface area contributed by atoms with Gasteiger partial charge in [0.1, 0.15) is 6.61 Å². The minimum absolute atomic E-state index is 0.0289. The van der Waals surface area contributed by atoms with Crippen LogP contribution in [0.15, 0.2) is 0 Å². The van der Waals surface area contributed by atoms with E-state index in [0.29, 0.717) is 12.5 Å². The van der Waals surface area contributed by atoms with Crippen molar-refractivity contribution in [1.29, 1.82) is 0 Å². The Hall–Kier alpha value is -0.0900. The van der Waals surface area contributed by atoms with Crippen molar-refractivity contribution < 1.29 is 9.53 Å². The lowest BCUT2D eigenvalue weighted by atomic mass is 10.1. The Balaban J connectivity index is 3.60. The summed E-state index contributed by atoms with van der Waals surface area (Å²) in [5, 5.41) is 3.79. The molecular formula is C10H20BrNO2. The van der Waals surface area contributed by atoms with Crippen LogP contribution in [0.4, 0.5) is 0 Å². The Labute approximate surface area is 94.7 Å². The van der Waals surface area contributed by atoms with E-state index >= 15 is 0 Å². The van der Waals surface area contributed by atoms with Crippen LogP contribution in [0, 0.1) is 5.92 Å². The van der Waals surface area contributed by atoms with E-state index in [0.717, 1.165) is 11.8 Å². The van der Waals surface area contributed by atoms with E-state index < -0.39 is 0 Å². The second kappa shape index (κ2) is 8.24. The summed E-state index contributed by atoms with van der Waals surface area (Å²) < 4.78 is 5.14. The third-order valence-corrected chi connectivity index (χ3v) is 3.09. The molecule has 0 spiro atoms. The molecule has 0 aliphatic heterocycles. The highest BCUT2D eigenvalue weighted by atomic mass is 79.9. The summed E-state index contributed by atoms with van der Waals surface area (Å²) >= 11 is 3.39. The van der Waals surface area contributed by atoms with Crippen LogP contribution < -0.4 is 5.32 Å². The number of ether oxygens (including phenoxy) is 1. The fourth-order valence-corrected chi connectivity index (χ4v) is 1.44. The highest BCUT2D eigenvalue weighted by Crippen LogP contribution is 2.05. The average molecular weight is 266 g/mol. The molecule has 0 saturated carbocycles. The van der Waals surface area contributed by atoms with Crippen LogP contribution in [0.5, 0.6) is 0 Å². The quantitative estimate of drug-likeness (QED) is 0.565. The molecule has 0 aliphatic carbocycles. The van der Waals surface area contributed by atoms with Crippen molar-refractivity contribution >= 4 is 21.8 Å². The summed E-state index contributed by atoms with van der Waals surface area (Å²) in [6, 6.07) is 0.187. The predicted octanol–water partition coefficient (Wildman–Crippen LogP) is 1.95. The molecular weight excluding hydrogens is 246 g/mol. The third kappa shape index (κ3) is 6.38. The van der Waals surface area contributed by atoms with Gasteiger partial charge in [-0.25, -0.2) is 0 Å². The molecule has 0 fully saturated rings. The van der Waals surface area contributed by atoms with Gasteiger partial charge in [0.15, 0.2) is 0 Å². The number of nitrogens with one attached hydrogen (secondary N) is 1. The lowest BCUT2D eigenvalue weighted by Gasteiger charge is -2.19. The van der Waals surface area contributed by atoms with Gasteiger partial charge in [-0.15, -0.1) is 0 Å². The first-order chi connectivity index (χ1) is 6.61. The second-order valence-electron chi connectivity index (χ2n) is 3.54. The van der Waals surface area contributed by atoms with E-state index in [1.807, 2.05) is 13.8 Å². The topological polar surface area (TPSA) is 38.3 Å². The zero-order chi connectivity index (χ0) is 11.0. The van der Waals surface area contributed by atoms with Crippen molar-refractivity contribution in [2.45, 2.75) is 33.2 Å². The van der Waals surface area contributed by atoms with Crippen molar-refractivity contribution in [2.75, 3.05) is 18.5 Å². The molecule has 2 unspecified atom stereocenters. The SMILES string of the molecule is CCCOCC(=O)NC(C)C(C)CBr. The van der Waals surface area contributed by atoms with Gasteiger partial charge in [-0.05, 0) is 19.3 Å². The molecule has 0 bridgehead atoms. The molecule has 0 aliphatic rings. The Morgan fingerprint density at radius 1 is 1.50 bits per heavy atom. The summed E-state index contributed by atoms with van der Waals surface area (Å²) in [5.74, 6) is 0.406. The Morgan fingerprint density at radius 2 is 2.14 bits per heavy atom. The molecule has 4 heteroatoms. The van der Waals surface area contributed by atoms with Crippen LogP contribution in [0.3, 0.4) is 0 Å². The lowest BCUT2D eigenvalue weighted by molar-refractivity contribution is -0.126. The molecule has 0 aromatic rings. The second-order valence-corrected chi connectivity index (χ2v) is 4.19. The molecule has 3 nitrogen and oxygen atoms in total.